The maximum Gasteiger partial charge on any atom is 0.361 e. The van der Waals surface area contributed by atoms with Crippen LogP contribution in [0, 0.1) is 0 Å². The van der Waals surface area contributed by atoms with E-state index < -0.39 is 18.4 Å². The molecule has 60 heavy (non-hydrogen) atoms. The minimum Gasteiger partial charge on any atom is -0.477 e. The van der Waals surface area contributed by atoms with E-state index in [0.717, 1.165) is 38.5 Å². The molecule has 1 N–H and O–H groups in total. The Balaban J connectivity index is 4.15. The van der Waals surface area contributed by atoms with E-state index in [2.05, 4.69) is 13.8 Å². The molecule has 0 aromatic rings. The normalized spacial score (nSPS) is 12.8. The van der Waals surface area contributed by atoms with Gasteiger partial charge in [-0.25, -0.2) is 4.79 Å². The summed E-state index contributed by atoms with van der Waals surface area (Å²) in [5, 5.41) is 9.64. The van der Waals surface area contributed by atoms with E-state index in [4.69, 9.17) is 18.9 Å². The summed E-state index contributed by atoms with van der Waals surface area (Å²) < 4.78 is 22.8. The molecule has 0 saturated heterocycles. The maximum absolute atomic E-state index is 12.8. The highest BCUT2D eigenvalue weighted by Crippen LogP contribution is 2.17. The van der Waals surface area contributed by atoms with Gasteiger partial charge in [-0.1, -0.05) is 226 Å². The molecule has 9 nitrogen and oxygen atoms in total. The van der Waals surface area contributed by atoms with Crippen LogP contribution in [0.25, 0.3) is 0 Å². The average molecular weight is 855 g/mol. The molecule has 0 heterocycles. The number of nitrogens with zero attached hydrogens (tertiary/aromatic N) is 1. The van der Waals surface area contributed by atoms with Crippen LogP contribution >= 0.6 is 0 Å². The third kappa shape index (κ3) is 44.3. The Morgan fingerprint density at radius 2 is 0.750 bits per heavy atom. The van der Waals surface area contributed by atoms with Gasteiger partial charge in [0, 0.05) is 12.8 Å². The molecule has 2 unspecified atom stereocenters. The highest BCUT2D eigenvalue weighted by molar-refractivity contribution is 5.71. The molecule has 0 saturated carbocycles. The number of carboxylic acid groups (broad SMARTS) is 1. The molecule has 0 aliphatic carbocycles. The number of quaternary nitrogens is 1. The van der Waals surface area contributed by atoms with Crippen LogP contribution in [-0.2, 0) is 33.3 Å². The number of hydrogen-bond donors (Lipinski definition) is 1. The first-order valence-electron chi connectivity index (χ1n) is 25.7. The van der Waals surface area contributed by atoms with Crippen molar-refractivity contribution in [2.24, 2.45) is 0 Å². The first-order valence-corrected chi connectivity index (χ1v) is 25.7. The maximum atomic E-state index is 12.8. The Labute approximate surface area is 371 Å². The van der Waals surface area contributed by atoms with Crippen molar-refractivity contribution in [2.75, 3.05) is 47.5 Å². The zero-order valence-electron chi connectivity index (χ0n) is 40.4. The predicted molar refractivity (Wildman–Crippen MR) is 249 cm³/mol. The fourth-order valence-corrected chi connectivity index (χ4v) is 7.60. The zero-order chi connectivity index (χ0) is 44.2. The van der Waals surface area contributed by atoms with Gasteiger partial charge in [0.15, 0.2) is 6.10 Å². The number of aliphatic carboxylic acids is 1. The van der Waals surface area contributed by atoms with Gasteiger partial charge in [-0.3, -0.25) is 9.59 Å². The second kappa shape index (κ2) is 43.9. The molecule has 0 aromatic heterocycles. The van der Waals surface area contributed by atoms with Crippen molar-refractivity contribution in [1.29, 1.82) is 0 Å². The largest absolute Gasteiger partial charge is 0.477 e. The van der Waals surface area contributed by atoms with Crippen LogP contribution in [0.4, 0.5) is 0 Å². The highest BCUT2D eigenvalue weighted by Gasteiger charge is 2.25. The van der Waals surface area contributed by atoms with E-state index >= 15 is 0 Å². The number of carbonyl (C=O) groups is 3. The van der Waals surface area contributed by atoms with Crippen LogP contribution in [0.3, 0.4) is 0 Å². The average Bonchev–Trinajstić information content (AvgIpc) is 3.21. The molecule has 9 heteroatoms. The summed E-state index contributed by atoms with van der Waals surface area (Å²) in [5.74, 6) is -1.99. The van der Waals surface area contributed by atoms with Crippen molar-refractivity contribution < 1.29 is 42.9 Å². The number of carboxylic acids is 1. The summed E-state index contributed by atoms with van der Waals surface area (Å²) >= 11 is 0. The number of hydrogen-bond acceptors (Lipinski definition) is 7. The summed E-state index contributed by atoms with van der Waals surface area (Å²) in [6.07, 6.45) is 43.3. The lowest BCUT2D eigenvalue weighted by atomic mass is 10.0. The molecular weight excluding hydrogens is 755 g/mol. The number of esters is 2. The van der Waals surface area contributed by atoms with Gasteiger partial charge >= 0.3 is 17.9 Å². The number of carbonyl (C=O) groups excluding carboxylic acids is 2. The minimum atomic E-state index is -1.50. The van der Waals surface area contributed by atoms with Crippen molar-refractivity contribution in [3.8, 4) is 0 Å². The number of rotatable bonds is 48. The monoisotopic (exact) mass is 855 g/mol. The first kappa shape index (κ1) is 58.3. The van der Waals surface area contributed by atoms with Crippen molar-refractivity contribution in [3.63, 3.8) is 0 Å². The van der Waals surface area contributed by atoms with Crippen molar-refractivity contribution in [1.82, 2.24) is 0 Å². The van der Waals surface area contributed by atoms with E-state index in [1.54, 1.807) is 0 Å². The lowest BCUT2D eigenvalue weighted by Crippen LogP contribution is -2.40. The molecule has 0 rings (SSSR count). The highest BCUT2D eigenvalue weighted by atomic mass is 16.7. The van der Waals surface area contributed by atoms with Crippen molar-refractivity contribution in [2.45, 2.75) is 264 Å². The molecule has 0 aliphatic heterocycles. The standard InChI is InChI=1S/C51H99NO8/c1-6-8-10-12-14-16-18-19-20-21-22-23-24-25-26-27-28-29-30-31-32-34-36-38-40-42-49(54)60-47(46-59-51(50(55)56)57-44-43-52(3,4)5)45-58-48(53)41-39-37-35-33-17-15-13-11-9-7-2/h47,51H,6-46H2,1-5H3/p+1. The van der Waals surface area contributed by atoms with E-state index in [1.807, 2.05) is 21.1 Å². The van der Waals surface area contributed by atoms with E-state index in [-0.39, 0.29) is 38.2 Å². The Morgan fingerprint density at radius 1 is 0.433 bits per heavy atom. The number of unbranched alkanes of at least 4 members (excludes halogenated alkanes) is 33. The van der Waals surface area contributed by atoms with Gasteiger partial charge in [0.05, 0.1) is 34.4 Å². The zero-order valence-corrected chi connectivity index (χ0v) is 40.4. The van der Waals surface area contributed by atoms with Crippen LogP contribution in [0.15, 0.2) is 0 Å². The fraction of sp³-hybridized carbons (Fsp3) is 0.941. The van der Waals surface area contributed by atoms with Crippen molar-refractivity contribution in [3.05, 3.63) is 0 Å². The Morgan fingerprint density at radius 3 is 1.07 bits per heavy atom. The molecule has 0 amide bonds. The van der Waals surface area contributed by atoms with Crippen LogP contribution < -0.4 is 0 Å². The third-order valence-electron chi connectivity index (χ3n) is 11.6. The summed E-state index contributed by atoms with van der Waals surface area (Å²) in [6.45, 7) is 4.90. The molecular formula is C51H100NO8+. The van der Waals surface area contributed by atoms with E-state index in [1.165, 1.54) is 186 Å². The summed E-state index contributed by atoms with van der Waals surface area (Å²) in [6, 6.07) is 0. The molecule has 0 radical (unpaired) electrons. The van der Waals surface area contributed by atoms with Crippen LogP contribution in [-0.4, -0.2) is 87.4 Å². The smallest absolute Gasteiger partial charge is 0.361 e. The SMILES string of the molecule is CCCCCCCCCCCCCCCCCCCCCCCCCCCC(=O)OC(COC(=O)CCCCCCCCCCCC)COC(OCC[N+](C)(C)C)C(=O)O. The van der Waals surface area contributed by atoms with Gasteiger partial charge in [0.1, 0.15) is 13.2 Å². The third-order valence-corrected chi connectivity index (χ3v) is 11.6. The van der Waals surface area contributed by atoms with E-state index in [0.29, 0.717) is 17.4 Å². The number of ether oxygens (including phenoxy) is 4. The molecule has 0 spiro atoms. The van der Waals surface area contributed by atoms with Crippen LogP contribution in [0.1, 0.15) is 251 Å². The lowest BCUT2D eigenvalue weighted by molar-refractivity contribution is -0.870. The molecule has 0 fully saturated rings. The fourth-order valence-electron chi connectivity index (χ4n) is 7.60. The number of likely N-dealkylation sites (N-methyl/N-ethyl adjacent to an activating group) is 1. The second-order valence-electron chi connectivity index (χ2n) is 18.9. The van der Waals surface area contributed by atoms with E-state index in [9.17, 15) is 19.5 Å². The first-order chi connectivity index (χ1) is 29.1. The van der Waals surface area contributed by atoms with Crippen molar-refractivity contribution >= 4 is 17.9 Å². The Hall–Kier alpha value is -1.71. The quantitative estimate of drug-likeness (QED) is 0.0279. The van der Waals surface area contributed by atoms with Gasteiger partial charge in [0.2, 0.25) is 0 Å². The topological polar surface area (TPSA) is 108 Å². The predicted octanol–water partition coefficient (Wildman–Crippen LogP) is 14.1. The van der Waals surface area contributed by atoms with Gasteiger partial charge in [0.25, 0.3) is 6.29 Å². The lowest BCUT2D eigenvalue weighted by Gasteiger charge is -2.25. The van der Waals surface area contributed by atoms with Crippen LogP contribution in [0.5, 0.6) is 0 Å². The van der Waals surface area contributed by atoms with Gasteiger partial charge in [-0.15, -0.1) is 0 Å². The van der Waals surface area contributed by atoms with Gasteiger partial charge < -0.3 is 28.5 Å². The second-order valence-corrected chi connectivity index (χ2v) is 18.9. The summed E-state index contributed by atoms with van der Waals surface area (Å²) in [4.78, 5) is 37.1. The Bertz CT molecular complexity index is 954. The van der Waals surface area contributed by atoms with Gasteiger partial charge in [-0.2, -0.15) is 0 Å². The molecule has 356 valence electrons. The molecule has 0 aromatic carbocycles. The minimum absolute atomic E-state index is 0.174. The summed E-state index contributed by atoms with van der Waals surface area (Å²) in [5.41, 5.74) is 0. The molecule has 0 bridgehead atoms. The Kier molecular flexibility index (Phi) is 42.7. The van der Waals surface area contributed by atoms with Gasteiger partial charge in [-0.05, 0) is 12.8 Å². The molecule has 2 atom stereocenters. The van der Waals surface area contributed by atoms with Crippen LogP contribution in [0.2, 0.25) is 0 Å². The molecule has 0 aliphatic rings. The summed E-state index contributed by atoms with van der Waals surface area (Å²) in [7, 11) is 5.97.